The van der Waals surface area contributed by atoms with Crippen LogP contribution in [0.3, 0.4) is 0 Å². The number of carbonyl (C=O) groups excluding carboxylic acids is 2. The van der Waals surface area contributed by atoms with Crippen LogP contribution in [0.25, 0.3) is 16.5 Å². The second-order valence-corrected chi connectivity index (χ2v) is 8.56. The van der Waals surface area contributed by atoms with E-state index in [1.807, 2.05) is 0 Å². The lowest BCUT2D eigenvalue weighted by Gasteiger charge is -2.13. The maximum absolute atomic E-state index is 13.5. The lowest BCUT2D eigenvalue weighted by Crippen LogP contribution is -2.25. The Hall–Kier alpha value is -4.39. The summed E-state index contributed by atoms with van der Waals surface area (Å²) in [4.78, 5) is 39.3. The van der Waals surface area contributed by atoms with Crippen molar-refractivity contribution in [2.24, 2.45) is 0 Å². The van der Waals surface area contributed by atoms with Gasteiger partial charge in [0.1, 0.15) is 5.00 Å². The van der Waals surface area contributed by atoms with Crippen LogP contribution in [-0.4, -0.2) is 42.5 Å². The Morgan fingerprint density at radius 1 is 1.08 bits per heavy atom. The smallest absolute Gasteiger partial charge is 0.416 e. The fourth-order valence-electron chi connectivity index (χ4n) is 3.69. The average Bonchev–Trinajstić information content (AvgIpc) is 3.32. The fourth-order valence-corrected chi connectivity index (χ4v) is 4.63. The number of aromatic nitrogens is 2. The lowest BCUT2D eigenvalue weighted by atomic mass is 10.1. The highest BCUT2D eigenvalue weighted by Gasteiger charge is 2.30. The van der Waals surface area contributed by atoms with Crippen molar-refractivity contribution in [3.8, 4) is 17.2 Å². The topological polar surface area (TPSA) is 109 Å². The van der Waals surface area contributed by atoms with Crippen molar-refractivity contribution in [2.45, 2.75) is 13.1 Å². The molecular weight excluding hydrogens is 527 g/mol. The van der Waals surface area contributed by atoms with E-state index in [1.165, 1.54) is 25.7 Å². The largest absolute Gasteiger partial charge is 0.493 e. The third-order valence-corrected chi connectivity index (χ3v) is 6.33. The second kappa shape index (κ2) is 10.5. The zero-order valence-corrected chi connectivity index (χ0v) is 21.0. The van der Waals surface area contributed by atoms with Crippen molar-refractivity contribution < 1.29 is 37.0 Å². The van der Waals surface area contributed by atoms with Gasteiger partial charge in [0.15, 0.2) is 17.2 Å². The van der Waals surface area contributed by atoms with Crippen LogP contribution in [0.15, 0.2) is 52.6 Å². The van der Waals surface area contributed by atoms with Crippen molar-refractivity contribution in [3.63, 3.8) is 0 Å². The summed E-state index contributed by atoms with van der Waals surface area (Å²) in [7, 11) is 2.79. The number of hydrogen-bond acceptors (Lipinski definition) is 8. The summed E-state index contributed by atoms with van der Waals surface area (Å²) in [6.45, 7) is 1.60. The Morgan fingerprint density at radius 3 is 2.39 bits per heavy atom. The summed E-state index contributed by atoms with van der Waals surface area (Å²) >= 11 is 0.969. The third kappa shape index (κ3) is 4.92. The number of anilines is 1. The van der Waals surface area contributed by atoms with Gasteiger partial charge in [-0.2, -0.15) is 23.0 Å². The highest BCUT2D eigenvalue weighted by Crippen LogP contribution is 2.35. The molecule has 38 heavy (non-hydrogen) atoms. The first-order valence-electron chi connectivity index (χ1n) is 11.0. The molecule has 2 heterocycles. The van der Waals surface area contributed by atoms with E-state index in [9.17, 15) is 27.6 Å². The fraction of sp³-hybridized carbons (Fsp3) is 0.200. The molecule has 0 atom stereocenters. The molecule has 4 rings (SSSR count). The molecule has 0 bridgehead atoms. The number of esters is 1. The molecule has 4 aromatic rings. The number of halogens is 3. The number of ether oxygens (including phenoxy) is 3. The van der Waals surface area contributed by atoms with Crippen LogP contribution >= 0.6 is 11.3 Å². The third-order valence-electron chi connectivity index (χ3n) is 5.43. The second-order valence-electron chi connectivity index (χ2n) is 7.68. The molecule has 0 aliphatic heterocycles. The molecule has 0 saturated heterocycles. The Morgan fingerprint density at radius 2 is 1.79 bits per heavy atom. The molecule has 0 aliphatic carbocycles. The van der Waals surface area contributed by atoms with Gasteiger partial charge in [0.2, 0.25) is 0 Å². The quantitative estimate of drug-likeness (QED) is 0.328. The van der Waals surface area contributed by atoms with Gasteiger partial charge in [0.25, 0.3) is 11.5 Å². The summed E-state index contributed by atoms with van der Waals surface area (Å²) in [5, 5.41) is 8.35. The highest BCUT2D eigenvalue weighted by molar-refractivity contribution is 7.16. The van der Waals surface area contributed by atoms with Gasteiger partial charge < -0.3 is 19.5 Å². The predicted molar refractivity (Wildman–Crippen MR) is 134 cm³/mol. The molecule has 0 saturated carbocycles. The van der Waals surface area contributed by atoms with E-state index >= 15 is 0 Å². The summed E-state index contributed by atoms with van der Waals surface area (Å²) in [6.07, 6.45) is -4.58. The van der Waals surface area contributed by atoms with Crippen LogP contribution in [0.1, 0.15) is 33.3 Å². The van der Waals surface area contributed by atoms with Gasteiger partial charge in [-0.3, -0.25) is 9.59 Å². The molecule has 198 valence electrons. The number of nitrogens with one attached hydrogen (secondary N) is 1. The predicted octanol–water partition coefficient (Wildman–Crippen LogP) is 4.91. The maximum Gasteiger partial charge on any atom is 0.416 e. The number of amides is 1. The molecule has 2 aromatic heterocycles. The number of methoxy groups -OCH3 is 2. The van der Waals surface area contributed by atoms with E-state index in [0.29, 0.717) is 5.75 Å². The number of benzene rings is 2. The monoisotopic (exact) mass is 547 g/mol. The molecule has 0 radical (unpaired) electrons. The number of fused-ring (bicyclic) bond motifs is 1. The van der Waals surface area contributed by atoms with E-state index in [-0.39, 0.29) is 45.1 Å². The number of rotatable bonds is 7. The number of thiophene rings is 1. The van der Waals surface area contributed by atoms with Gasteiger partial charge in [-0.1, -0.05) is 6.07 Å². The van der Waals surface area contributed by atoms with E-state index in [4.69, 9.17) is 14.2 Å². The zero-order chi connectivity index (χ0) is 27.6. The highest BCUT2D eigenvalue weighted by atomic mass is 32.1. The summed E-state index contributed by atoms with van der Waals surface area (Å²) in [5.74, 6) is -0.984. The molecule has 1 N–H and O–H groups in total. The van der Waals surface area contributed by atoms with Crippen molar-refractivity contribution in [2.75, 3.05) is 26.1 Å². The first-order valence-corrected chi connectivity index (χ1v) is 11.9. The molecule has 2 aromatic carbocycles. The minimum Gasteiger partial charge on any atom is -0.493 e. The minimum absolute atomic E-state index is 0.0186. The first kappa shape index (κ1) is 26.7. The van der Waals surface area contributed by atoms with Gasteiger partial charge in [-0.05, 0) is 43.3 Å². The number of nitrogens with zero attached hydrogens (tertiary/aromatic N) is 2. The molecule has 0 unspecified atom stereocenters. The molecule has 0 fully saturated rings. The van der Waals surface area contributed by atoms with Gasteiger partial charge in [-0.25, -0.2) is 4.79 Å². The Bertz CT molecular complexity index is 1580. The van der Waals surface area contributed by atoms with Crippen molar-refractivity contribution in [1.82, 2.24) is 9.78 Å². The molecule has 13 heteroatoms. The number of para-hydroxylation sites is 1. The standard InChI is InChI=1S/C25H20F3N3O6S/c1-4-37-24(34)19-16-12-38-22(29-21(32)15-6-5-7-17(35-2)20(15)36-3)18(16)23(33)31(30-19)14-10-8-13(9-11-14)25(26,27)28/h5-12H,4H2,1-3H3,(H,29,32). The molecule has 0 aliphatic rings. The van der Waals surface area contributed by atoms with Crippen LogP contribution in [-0.2, 0) is 10.9 Å². The lowest BCUT2D eigenvalue weighted by molar-refractivity contribution is -0.137. The van der Waals surface area contributed by atoms with E-state index in [0.717, 1.165) is 40.3 Å². The Labute approximate surface area is 217 Å². The van der Waals surface area contributed by atoms with Gasteiger partial charge >= 0.3 is 12.1 Å². The molecule has 0 spiro atoms. The van der Waals surface area contributed by atoms with E-state index in [2.05, 4.69) is 10.4 Å². The van der Waals surface area contributed by atoms with Crippen LogP contribution in [0, 0.1) is 0 Å². The van der Waals surface area contributed by atoms with Crippen LogP contribution in [0.4, 0.5) is 18.2 Å². The zero-order valence-electron chi connectivity index (χ0n) is 20.2. The molecular formula is C25H20F3N3O6S. The minimum atomic E-state index is -4.58. The molecule has 9 nitrogen and oxygen atoms in total. The van der Waals surface area contributed by atoms with Crippen molar-refractivity contribution >= 4 is 39.0 Å². The van der Waals surface area contributed by atoms with Crippen LogP contribution in [0.2, 0.25) is 0 Å². The van der Waals surface area contributed by atoms with Crippen LogP contribution < -0.4 is 20.3 Å². The van der Waals surface area contributed by atoms with Crippen LogP contribution in [0.5, 0.6) is 11.5 Å². The summed E-state index contributed by atoms with van der Waals surface area (Å²) < 4.78 is 55.5. The number of carbonyl (C=O) groups is 2. The summed E-state index contributed by atoms with van der Waals surface area (Å²) in [6, 6.07) is 8.40. The van der Waals surface area contributed by atoms with Gasteiger partial charge in [0, 0.05) is 10.8 Å². The molecule has 1 amide bonds. The van der Waals surface area contributed by atoms with Crippen molar-refractivity contribution in [1.29, 1.82) is 0 Å². The van der Waals surface area contributed by atoms with Crippen molar-refractivity contribution in [3.05, 3.63) is 75.0 Å². The Kier molecular flexibility index (Phi) is 7.39. The van der Waals surface area contributed by atoms with Gasteiger partial charge in [0.05, 0.1) is 43.0 Å². The number of alkyl halides is 3. The summed E-state index contributed by atoms with van der Waals surface area (Å²) in [5.41, 5.74) is -1.82. The van der Waals surface area contributed by atoms with Gasteiger partial charge in [-0.15, -0.1) is 11.3 Å². The Balaban J connectivity index is 1.86. The number of hydrogen-bond donors (Lipinski definition) is 1. The van der Waals surface area contributed by atoms with E-state index < -0.39 is 29.2 Å². The maximum atomic E-state index is 13.5. The average molecular weight is 548 g/mol. The first-order chi connectivity index (χ1) is 18.1. The SMILES string of the molecule is CCOC(=O)c1nn(-c2ccc(C(F)(F)F)cc2)c(=O)c2c(NC(=O)c3cccc(OC)c3OC)scc12. The van der Waals surface area contributed by atoms with E-state index in [1.54, 1.807) is 19.1 Å². The normalized spacial score (nSPS) is 11.3.